The molecule has 4 heteroatoms. The maximum atomic E-state index is 12.2. The van der Waals surface area contributed by atoms with Crippen LogP contribution in [0.5, 0.6) is 0 Å². The Balaban J connectivity index is 2.86. The van der Waals surface area contributed by atoms with Crippen molar-refractivity contribution in [2.75, 3.05) is 11.4 Å². The van der Waals surface area contributed by atoms with Crippen LogP contribution in [0.4, 0.5) is 5.69 Å². The van der Waals surface area contributed by atoms with Gasteiger partial charge >= 0.3 is 5.97 Å². The van der Waals surface area contributed by atoms with E-state index in [0.717, 1.165) is 24.9 Å². The molecule has 1 aromatic carbocycles. The quantitative estimate of drug-likeness (QED) is 0.797. The van der Waals surface area contributed by atoms with Gasteiger partial charge in [-0.05, 0) is 30.5 Å². The molecule has 0 radical (unpaired) electrons. The predicted octanol–water partition coefficient (Wildman–Crippen LogP) is 3.49. The lowest BCUT2D eigenvalue weighted by Gasteiger charge is -2.24. The van der Waals surface area contributed by atoms with Crippen LogP contribution in [-0.2, 0) is 16.0 Å². The fraction of sp³-hybridized carbons (Fsp3) is 0.529. The molecular formula is C17H25NO3. The predicted molar refractivity (Wildman–Crippen MR) is 84.5 cm³/mol. The number of benzene rings is 1. The molecule has 1 amide bonds. The number of amides is 1. The van der Waals surface area contributed by atoms with Gasteiger partial charge in [0.2, 0.25) is 5.91 Å². The second-order valence-corrected chi connectivity index (χ2v) is 5.56. The Morgan fingerprint density at radius 1 is 1.19 bits per heavy atom. The van der Waals surface area contributed by atoms with E-state index in [9.17, 15) is 9.59 Å². The van der Waals surface area contributed by atoms with Crippen molar-refractivity contribution in [3.8, 4) is 0 Å². The van der Waals surface area contributed by atoms with Crippen LogP contribution >= 0.6 is 0 Å². The molecule has 0 bridgehead atoms. The minimum absolute atomic E-state index is 0.0439. The van der Waals surface area contributed by atoms with Crippen LogP contribution in [-0.4, -0.2) is 23.5 Å². The first-order valence-electron chi connectivity index (χ1n) is 7.57. The van der Waals surface area contributed by atoms with Crippen molar-refractivity contribution in [3.63, 3.8) is 0 Å². The van der Waals surface area contributed by atoms with Crippen molar-refractivity contribution in [1.29, 1.82) is 0 Å². The van der Waals surface area contributed by atoms with Crippen LogP contribution in [0.2, 0.25) is 0 Å². The molecule has 0 spiro atoms. The van der Waals surface area contributed by atoms with Crippen molar-refractivity contribution < 1.29 is 14.7 Å². The maximum absolute atomic E-state index is 12.2. The molecule has 1 N–H and O–H groups in total. The van der Waals surface area contributed by atoms with Crippen molar-refractivity contribution in [1.82, 2.24) is 0 Å². The summed E-state index contributed by atoms with van der Waals surface area (Å²) in [6.07, 6.45) is 3.28. The number of aliphatic carboxylic acids is 1. The van der Waals surface area contributed by atoms with Gasteiger partial charge in [0.05, 0.1) is 6.42 Å². The largest absolute Gasteiger partial charge is 0.481 e. The number of carboxylic acid groups (broad SMARTS) is 1. The Kier molecular flexibility index (Phi) is 6.92. The molecule has 116 valence electrons. The zero-order chi connectivity index (χ0) is 15.8. The molecular weight excluding hydrogens is 266 g/mol. The second-order valence-electron chi connectivity index (χ2n) is 5.56. The Morgan fingerprint density at radius 2 is 1.81 bits per heavy atom. The summed E-state index contributed by atoms with van der Waals surface area (Å²) >= 11 is 0. The molecule has 1 aromatic rings. The lowest BCUT2D eigenvalue weighted by atomic mass is 10.1. The minimum atomic E-state index is -0.892. The topological polar surface area (TPSA) is 57.6 Å². The van der Waals surface area contributed by atoms with Crippen molar-refractivity contribution in [2.45, 2.75) is 46.5 Å². The number of carbonyl (C=O) groups is 2. The van der Waals surface area contributed by atoms with E-state index in [-0.39, 0.29) is 24.8 Å². The molecule has 0 unspecified atom stereocenters. The highest BCUT2D eigenvalue weighted by molar-refractivity contribution is 5.95. The molecule has 21 heavy (non-hydrogen) atoms. The molecule has 0 aliphatic rings. The molecule has 0 aromatic heterocycles. The van der Waals surface area contributed by atoms with Crippen LogP contribution in [0.1, 0.15) is 45.6 Å². The fourth-order valence-electron chi connectivity index (χ4n) is 2.11. The molecule has 0 saturated carbocycles. The number of aryl methyl sites for hydroxylation is 1. The van der Waals surface area contributed by atoms with E-state index >= 15 is 0 Å². The first-order valence-corrected chi connectivity index (χ1v) is 7.57. The van der Waals surface area contributed by atoms with Crippen LogP contribution in [0.3, 0.4) is 0 Å². The Labute approximate surface area is 126 Å². The van der Waals surface area contributed by atoms with Gasteiger partial charge in [-0.2, -0.15) is 0 Å². The summed E-state index contributed by atoms with van der Waals surface area (Å²) in [5.41, 5.74) is 2.02. The van der Waals surface area contributed by atoms with Gasteiger partial charge in [0.1, 0.15) is 0 Å². The Morgan fingerprint density at radius 3 is 2.29 bits per heavy atom. The number of nitrogens with zero attached hydrogens (tertiary/aromatic N) is 1. The maximum Gasteiger partial charge on any atom is 0.305 e. The third-order valence-electron chi connectivity index (χ3n) is 3.38. The summed E-state index contributed by atoms with van der Waals surface area (Å²) in [5, 5.41) is 8.83. The van der Waals surface area contributed by atoms with E-state index in [0.29, 0.717) is 0 Å². The summed E-state index contributed by atoms with van der Waals surface area (Å²) in [7, 11) is 0. The summed E-state index contributed by atoms with van der Waals surface area (Å²) in [5.74, 6) is -1.09. The molecule has 0 heterocycles. The number of unbranched alkanes of at least 4 members (excludes halogenated alkanes) is 1. The number of hydrogen-bond donors (Lipinski definition) is 1. The standard InChI is InChI=1S/C17H25NO3/c1-4-5-6-14-7-9-15(10-8-14)18(12-11-16(19)20)17(21)13(2)3/h7-10,13H,4-6,11-12H2,1-3H3,(H,19,20). The van der Waals surface area contributed by atoms with E-state index < -0.39 is 5.97 Å². The van der Waals surface area contributed by atoms with Gasteiger partial charge in [-0.1, -0.05) is 39.3 Å². The Hall–Kier alpha value is -1.84. The number of hydrogen-bond acceptors (Lipinski definition) is 2. The fourth-order valence-corrected chi connectivity index (χ4v) is 2.11. The zero-order valence-electron chi connectivity index (χ0n) is 13.1. The molecule has 0 aliphatic heterocycles. The third kappa shape index (κ3) is 5.58. The van der Waals surface area contributed by atoms with Gasteiger partial charge < -0.3 is 10.0 Å². The summed E-state index contributed by atoms with van der Waals surface area (Å²) in [4.78, 5) is 24.6. The number of anilines is 1. The van der Waals surface area contributed by atoms with Crippen molar-refractivity contribution >= 4 is 17.6 Å². The van der Waals surface area contributed by atoms with Gasteiger partial charge in [-0.25, -0.2) is 0 Å². The monoisotopic (exact) mass is 291 g/mol. The van der Waals surface area contributed by atoms with E-state index in [1.54, 1.807) is 4.90 Å². The Bertz CT molecular complexity index is 465. The van der Waals surface area contributed by atoms with E-state index in [2.05, 4.69) is 6.92 Å². The molecule has 0 fully saturated rings. The summed E-state index contributed by atoms with van der Waals surface area (Å²) < 4.78 is 0. The first kappa shape index (κ1) is 17.2. The molecule has 1 rings (SSSR count). The van der Waals surface area contributed by atoms with Crippen LogP contribution < -0.4 is 4.90 Å². The van der Waals surface area contributed by atoms with Gasteiger partial charge in [0, 0.05) is 18.2 Å². The normalized spacial score (nSPS) is 10.7. The van der Waals surface area contributed by atoms with Crippen LogP contribution in [0.25, 0.3) is 0 Å². The number of carboxylic acids is 1. The van der Waals surface area contributed by atoms with Crippen LogP contribution in [0.15, 0.2) is 24.3 Å². The number of rotatable bonds is 8. The molecule has 4 nitrogen and oxygen atoms in total. The average Bonchev–Trinajstić information content (AvgIpc) is 2.45. The van der Waals surface area contributed by atoms with Gasteiger partial charge in [0.15, 0.2) is 0 Å². The summed E-state index contributed by atoms with van der Waals surface area (Å²) in [6.45, 7) is 6.02. The molecule has 0 atom stereocenters. The minimum Gasteiger partial charge on any atom is -0.481 e. The first-order chi connectivity index (χ1) is 9.95. The smallest absolute Gasteiger partial charge is 0.305 e. The van der Waals surface area contributed by atoms with Crippen LogP contribution in [0, 0.1) is 5.92 Å². The van der Waals surface area contributed by atoms with E-state index in [1.807, 2.05) is 38.1 Å². The van der Waals surface area contributed by atoms with E-state index in [4.69, 9.17) is 5.11 Å². The van der Waals surface area contributed by atoms with Gasteiger partial charge in [-0.3, -0.25) is 9.59 Å². The highest BCUT2D eigenvalue weighted by atomic mass is 16.4. The SMILES string of the molecule is CCCCc1ccc(N(CCC(=O)O)C(=O)C(C)C)cc1. The number of carbonyl (C=O) groups excluding carboxylic acids is 1. The highest BCUT2D eigenvalue weighted by Gasteiger charge is 2.19. The third-order valence-corrected chi connectivity index (χ3v) is 3.38. The van der Waals surface area contributed by atoms with Crippen molar-refractivity contribution in [2.24, 2.45) is 5.92 Å². The zero-order valence-corrected chi connectivity index (χ0v) is 13.1. The van der Waals surface area contributed by atoms with Gasteiger partial charge in [-0.15, -0.1) is 0 Å². The molecule has 0 saturated heterocycles. The van der Waals surface area contributed by atoms with E-state index in [1.165, 1.54) is 5.56 Å². The second kappa shape index (κ2) is 8.45. The van der Waals surface area contributed by atoms with Crippen molar-refractivity contribution in [3.05, 3.63) is 29.8 Å². The highest BCUT2D eigenvalue weighted by Crippen LogP contribution is 2.19. The molecule has 0 aliphatic carbocycles. The lowest BCUT2D eigenvalue weighted by Crippen LogP contribution is -2.36. The average molecular weight is 291 g/mol. The summed E-state index contributed by atoms with van der Waals surface area (Å²) in [6, 6.07) is 7.86. The lowest BCUT2D eigenvalue weighted by molar-refractivity contribution is -0.136. The van der Waals surface area contributed by atoms with Gasteiger partial charge in [0.25, 0.3) is 0 Å².